The number of benzene rings is 1. The Morgan fingerprint density at radius 1 is 1.29 bits per heavy atom. The highest BCUT2D eigenvalue weighted by molar-refractivity contribution is 9.10. The van der Waals surface area contributed by atoms with E-state index in [-0.39, 0.29) is 22.6 Å². The highest BCUT2D eigenvalue weighted by atomic mass is 79.9. The van der Waals surface area contributed by atoms with Crippen molar-refractivity contribution in [3.8, 4) is 0 Å². The molecule has 0 aromatic heterocycles. The van der Waals surface area contributed by atoms with E-state index >= 15 is 0 Å². The molecule has 0 bridgehead atoms. The average Bonchev–Trinajstić information content (AvgIpc) is 2.24. The second-order valence-corrected chi connectivity index (χ2v) is 6.05. The number of carbonyl (C=O) groups is 1. The van der Waals surface area contributed by atoms with E-state index in [0.717, 1.165) is 6.07 Å². The highest BCUT2D eigenvalue weighted by Gasteiger charge is 2.20. The van der Waals surface area contributed by atoms with E-state index in [1.807, 2.05) is 0 Å². The fraction of sp³-hybridized carbons (Fsp3) is 0.417. The highest BCUT2D eigenvalue weighted by Crippen LogP contribution is 2.23. The molecule has 1 unspecified atom stereocenters. The quantitative estimate of drug-likeness (QED) is 0.572. The number of alkyl halides is 1. The number of Topliss-reactive ketones (excluding diaryl/α,β-unsaturated/α-hetero) is 1. The third-order valence-corrected chi connectivity index (χ3v) is 3.75. The van der Waals surface area contributed by atoms with Crippen LogP contribution in [-0.2, 0) is 11.2 Å². The lowest BCUT2D eigenvalue weighted by molar-refractivity contribution is -0.121. The van der Waals surface area contributed by atoms with Gasteiger partial charge >= 0.3 is 0 Å². The van der Waals surface area contributed by atoms with Crippen LogP contribution < -0.4 is 0 Å². The lowest BCUT2D eigenvalue weighted by Gasteiger charge is -2.12. The minimum absolute atomic E-state index is 0.00449. The van der Waals surface area contributed by atoms with E-state index in [1.54, 1.807) is 13.8 Å². The molecule has 94 valence electrons. The summed E-state index contributed by atoms with van der Waals surface area (Å²) in [6.07, 6.45) is 0.210. The molecule has 0 saturated heterocycles. The molecule has 5 heteroatoms. The molecule has 0 saturated carbocycles. The monoisotopic (exact) mass is 368 g/mol. The first-order chi connectivity index (χ1) is 7.82. The maximum Gasteiger partial charge on any atom is 0.149 e. The predicted molar refractivity (Wildman–Crippen MR) is 70.3 cm³/mol. The van der Waals surface area contributed by atoms with Gasteiger partial charge in [0.25, 0.3) is 0 Å². The molecule has 0 amide bonds. The molecule has 1 atom stereocenters. The van der Waals surface area contributed by atoms with Crippen LogP contribution in [0.5, 0.6) is 0 Å². The normalized spacial score (nSPS) is 12.9. The number of hydrogen-bond acceptors (Lipinski definition) is 1. The summed E-state index contributed by atoms with van der Waals surface area (Å²) in [5, 5.41) is 0. The molecular weight excluding hydrogens is 358 g/mol. The number of carbonyl (C=O) groups excluding carboxylic acids is 1. The van der Waals surface area contributed by atoms with Gasteiger partial charge in [0, 0.05) is 12.0 Å². The molecule has 0 fully saturated rings. The first-order valence-electron chi connectivity index (χ1n) is 5.14. The van der Waals surface area contributed by atoms with Gasteiger partial charge in [0.05, 0.1) is 9.30 Å². The molecular formula is C12H12Br2F2O. The van der Waals surface area contributed by atoms with Crippen molar-refractivity contribution in [2.45, 2.75) is 25.1 Å². The van der Waals surface area contributed by atoms with Crippen LogP contribution >= 0.6 is 31.9 Å². The topological polar surface area (TPSA) is 17.1 Å². The smallest absolute Gasteiger partial charge is 0.149 e. The van der Waals surface area contributed by atoms with Gasteiger partial charge in [0.2, 0.25) is 0 Å². The fourth-order valence-electron chi connectivity index (χ4n) is 1.38. The Balaban J connectivity index is 2.89. The van der Waals surface area contributed by atoms with Crippen LogP contribution in [0.1, 0.15) is 19.4 Å². The molecule has 0 radical (unpaired) electrons. The molecule has 0 aliphatic heterocycles. The third-order valence-electron chi connectivity index (χ3n) is 2.37. The van der Waals surface area contributed by atoms with Gasteiger partial charge in [-0.25, -0.2) is 8.78 Å². The Labute approximate surface area is 116 Å². The van der Waals surface area contributed by atoms with Gasteiger partial charge < -0.3 is 0 Å². The maximum absolute atomic E-state index is 13.5. The van der Waals surface area contributed by atoms with Crippen molar-refractivity contribution in [3.05, 3.63) is 33.8 Å². The van der Waals surface area contributed by atoms with Gasteiger partial charge in [-0.1, -0.05) is 29.8 Å². The number of ketones is 1. The molecule has 1 rings (SSSR count). The van der Waals surface area contributed by atoms with E-state index < -0.39 is 16.5 Å². The van der Waals surface area contributed by atoms with E-state index in [4.69, 9.17) is 0 Å². The van der Waals surface area contributed by atoms with Crippen LogP contribution in [0, 0.1) is 17.6 Å². The summed E-state index contributed by atoms with van der Waals surface area (Å²) in [7, 11) is 0. The molecule has 0 aliphatic carbocycles. The predicted octanol–water partition coefficient (Wildman–Crippen LogP) is 4.26. The van der Waals surface area contributed by atoms with E-state index in [0.29, 0.717) is 5.56 Å². The van der Waals surface area contributed by atoms with Gasteiger partial charge in [0.15, 0.2) is 0 Å². The average molecular weight is 370 g/mol. The third kappa shape index (κ3) is 3.85. The van der Waals surface area contributed by atoms with Crippen LogP contribution in [0.15, 0.2) is 16.6 Å². The van der Waals surface area contributed by atoms with Crippen LogP contribution in [0.3, 0.4) is 0 Å². The van der Waals surface area contributed by atoms with Crippen molar-refractivity contribution in [2.24, 2.45) is 5.92 Å². The first-order valence-corrected chi connectivity index (χ1v) is 6.85. The van der Waals surface area contributed by atoms with Crippen molar-refractivity contribution in [2.75, 3.05) is 0 Å². The van der Waals surface area contributed by atoms with Crippen LogP contribution in [0.2, 0.25) is 0 Å². The molecule has 0 spiro atoms. The Morgan fingerprint density at radius 3 is 2.41 bits per heavy atom. The number of halogens is 4. The summed E-state index contributed by atoms with van der Waals surface area (Å²) in [5.74, 6) is -1.39. The molecule has 17 heavy (non-hydrogen) atoms. The minimum atomic E-state index is -0.646. The van der Waals surface area contributed by atoms with Gasteiger partial charge in [-0.15, -0.1) is 0 Å². The van der Waals surface area contributed by atoms with E-state index in [2.05, 4.69) is 31.9 Å². The summed E-state index contributed by atoms with van der Waals surface area (Å²) in [6.45, 7) is 3.57. The lowest BCUT2D eigenvalue weighted by Crippen LogP contribution is -2.22. The van der Waals surface area contributed by atoms with Gasteiger partial charge in [-0.2, -0.15) is 0 Å². The second kappa shape index (κ2) is 6.05. The Hall–Kier alpha value is -0.290. The fourth-order valence-corrected chi connectivity index (χ4v) is 2.64. The zero-order valence-corrected chi connectivity index (χ0v) is 12.6. The largest absolute Gasteiger partial charge is 0.298 e. The standard InChI is InChI=1S/C12H12Br2F2O/c1-6(2)12(17)9(14)4-7-3-8(13)11(16)5-10(7)15/h3,5-6,9H,4H2,1-2H3. The van der Waals surface area contributed by atoms with Crippen LogP contribution in [-0.4, -0.2) is 10.6 Å². The number of rotatable bonds is 4. The van der Waals surface area contributed by atoms with Gasteiger partial charge in [-0.05, 0) is 34.0 Å². The molecule has 1 aromatic rings. The van der Waals surface area contributed by atoms with Crippen LogP contribution in [0.4, 0.5) is 8.78 Å². The van der Waals surface area contributed by atoms with Crippen molar-refractivity contribution in [3.63, 3.8) is 0 Å². The Bertz CT molecular complexity index is 433. The van der Waals surface area contributed by atoms with Gasteiger partial charge in [0.1, 0.15) is 17.4 Å². The summed E-state index contributed by atoms with van der Waals surface area (Å²) in [6, 6.07) is 2.19. The van der Waals surface area contributed by atoms with Gasteiger partial charge in [-0.3, -0.25) is 4.79 Å². The zero-order valence-electron chi connectivity index (χ0n) is 9.44. The maximum atomic E-state index is 13.5. The van der Waals surface area contributed by atoms with Crippen molar-refractivity contribution < 1.29 is 13.6 Å². The molecule has 0 heterocycles. The molecule has 1 aromatic carbocycles. The Kier molecular flexibility index (Phi) is 5.25. The van der Waals surface area contributed by atoms with E-state index in [9.17, 15) is 13.6 Å². The zero-order chi connectivity index (χ0) is 13.2. The summed E-state index contributed by atoms with van der Waals surface area (Å²) < 4.78 is 26.7. The molecule has 1 nitrogen and oxygen atoms in total. The summed E-state index contributed by atoms with van der Waals surface area (Å²) in [5.41, 5.74) is 0.314. The summed E-state index contributed by atoms with van der Waals surface area (Å²) in [4.78, 5) is 11.2. The Morgan fingerprint density at radius 2 is 1.88 bits per heavy atom. The SMILES string of the molecule is CC(C)C(=O)C(Br)Cc1cc(Br)c(F)cc1F. The van der Waals surface area contributed by atoms with E-state index in [1.165, 1.54) is 6.07 Å². The first kappa shape index (κ1) is 14.8. The van der Waals surface area contributed by atoms with Crippen LogP contribution in [0.25, 0.3) is 0 Å². The molecule has 0 N–H and O–H groups in total. The summed E-state index contributed by atoms with van der Waals surface area (Å²) >= 11 is 6.23. The lowest BCUT2D eigenvalue weighted by atomic mass is 10.0. The minimum Gasteiger partial charge on any atom is -0.298 e. The van der Waals surface area contributed by atoms with Crippen molar-refractivity contribution in [1.82, 2.24) is 0 Å². The number of hydrogen-bond donors (Lipinski definition) is 0. The molecule has 0 aliphatic rings. The van der Waals surface area contributed by atoms with Crippen molar-refractivity contribution >= 4 is 37.6 Å². The second-order valence-electron chi connectivity index (χ2n) is 4.09. The van der Waals surface area contributed by atoms with Crippen molar-refractivity contribution in [1.29, 1.82) is 0 Å².